The Bertz CT molecular complexity index is 437. The molecule has 100 valence electrons. The van der Waals surface area contributed by atoms with Crippen LogP contribution in [0.25, 0.3) is 0 Å². The molecule has 0 saturated heterocycles. The van der Waals surface area contributed by atoms with Crippen LogP contribution in [-0.2, 0) is 4.79 Å². The molecule has 2 unspecified atom stereocenters. The van der Waals surface area contributed by atoms with Crippen molar-refractivity contribution in [1.82, 2.24) is 5.32 Å². The lowest BCUT2D eigenvalue weighted by Crippen LogP contribution is -2.45. The van der Waals surface area contributed by atoms with Crippen LogP contribution in [0.3, 0.4) is 0 Å². The zero-order chi connectivity index (χ0) is 13.9. The van der Waals surface area contributed by atoms with E-state index in [1.165, 1.54) is 12.1 Å². The number of amides is 1. The van der Waals surface area contributed by atoms with Crippen LogP contribution in [0.1, 0.15) is 32.4 Å². The Morgan fingerprint density at radius 2 is 2.00 bits per heavy atom. The van der Waals surface area contributed by atoms with E-state index in [4.69, 9.17) is 5.73 Å². The Morgan fingerprint density at radius 3 is 2.44 bits per heavy atom. The second kappa shape index (κ2) is 6.29. The third kappa shape index (κ3) is 3.78. The molecule has 0 fully saturated rings. The molecule has 18 heavy (non-hydrogen) atoms. The van der Waals surface area contributed by atoms with Gasteiger partial charge >= 0.3 is 0 Å². The average molecular weight is 317 g/mol. The maximum Gasteiger partial charge on any atom is 0.234 e. The lowest BCUT2D eigenvalue weighted by Gasteiger charge is -2.24. The summed E-state index contributed by atoms with van der Waals surface area (Å²) in [4.78, 5) is 11.3. The third-order valence-electron chi connectivity index (χ3n) is 2.83. The average Bonchev–Trinajstić information content (AvgIpc) is 2.24. The van der Waals surface area contributed by atoms with Crippen LogP contribution < -0.4 is 11.1 Å². The van der Waals surface area contributed by atoms with E-state index in [2.05, 4.69) is 21.2 Å². The lowest BCUT2D eigenvalue weighted by atomic mass is 10.0. The predicted molar refractivity (Wildman–Crippen MR) is 73.5 cm³/mol. The molecular formula is C13H18BrFN2O. The van der Waals surface area contributed by atoms with E-state index >= 15 is 0 Å². The van der Waals surface area contributed by atoms with Gasteiger partial charge in [0.2, 0.25) is 5.91 Å². The summed E-state index contributed by atoms with van der Waals surface area (Å²) in [5, 5.41) is 3.17. The number of nitrogens with one attached hydrogen (secondary N) is 1. The van der Waals surface area contributed by atoms with Gasteiger partial charge in [-0.05, 0) is 30.5 Å². The number of benzene rings is 1. The zero-order valence-electron chi connectivity index (χ0n) is 10.7. The Kier molecular flexibility index (Phi) is 5.28. The summed E-state index contributed by atoms with van der Waals surface area (Å²) in [7, 11) is 0. The molecule has 0 radical (unpaired) electrons. The van der Waals surface area contributed by atoms with Crippen molar-refractivity contribution in [3.8, 4) is 0 Å². The van der Waals surface area contributed by atoms with Crippen LogP contribution in [0.15, 0.2) is 22.7 Å². The predicted octanol–water partition coefficient (Wildman–Crippen LogP) is 2.75. The van der Waals surface area contributed by atoms with Gasteiger partial charge in [0.05, 0.1) is 6.04 Å². The summed E-state index contributed by atoms with van der Waals surface area (Å²) < 4.78 is 13.7. The third-order valence-corrected chi connectivity index (χ3v) is 3.52. The molecule has 2 atom stereocenters. The molecule has 1 rings (SSSR count). The minimum atomic E-state index is -0.406. The van der Waals surface area contributed by atoms with Crippen molar-refractivity contribution < 1.29 is 9.18 Å². The number of rotatable bonds is 5. The summed E-state index contributed by atoms with van der Waals surface area (Å²) in [6.07, 6.45) is 0. The molecule has 5 heteroatoms. The first-order valence-corrected chi connectivity index (χ1v) is 6.62. The number of hydrogen-bond acceptors (Lipinski definition) is 2. The molecule has 0 aromatic heterocycles. The summed E-state index contributed by atoms with van der Waals surface area (Å²) >= 11 is 3.32. The van der Waals surface area contributed by atoms with Crippen molar-refractivity contribution in [3.63, 3.8) is 0 Å². The van der Waals surface area contributed by atoms with E-state index in [0.717, 1.165) is 5.56 Å². The van der Waals surface area contributed by atoms with Gasteiger partial charge in [0.15, 0.2) is 0 Å². The summed E-state index contributed by atoms with van der Waals surface area (Å²) in [6.45, 7) is 5.76. The van der Waals surface area contributed by atoms with Crippen molar-refractivity contribution in [3.05, 3.63) is 34.1 Å². The van der Waals surface area contributed by atoms with E-state index in [-0.39, 0.29) is 23.7 Å². The van der Waals surface area contributed by atoms with Crippen molar-refractivity contribution in [2.45, 2.75) is 32.9 Å². The molecule has 0 saturated carbocycles. The SMILES string of the molecule is CC(NC(C(N)=O)C(C)C)c1ccc(F)cc1Br. The van der Waals surface area contributed by atoms with Gasteiger partial charge in [-0.2, -0.15) is 0 Å². The Balaban J connectivity index is 2.87. The fourth-order valence-electron chi connectivity index (χ4n) is 1.81. The van der Waals surface area contributed by atoms with E-state index in [1.54, 1.807) is 6.07 Å². The maximum absolute atomic E-state index is 13.0. The highest BCUT2D eigenvalue weighted by atomic mass is 79.9. The molecular weight excluding hydrogens is 299 g/mol. The van der Waals surface area contributed by atoms with E-state index < -0.39 is 6.04 Å². The number of halogens is 2. The largest absolute Gasteiger partial charge is 0.368 e. The molecule has 0 aliphatic rings. The fourth-order valence-corrected chi connectivity index (χ4v) is 2.51. The molecule has 1 aromatic carbocycles. The van der Waals surface area contributed by atoms with Crippen LogP contribution >= 0.6 is 15.9 Å². The molecule has 0 aliphatic carbocycles. The molecule has 0 heterocycles. The van der Waals surface area contributed by atoms with Crippen molar-refractivity contribution in [2.75, 3.05) is 0 Å². The van der Waals surface area contributed by atoms with Gasteiger partial charge in [0, 0.05) is 10.5 Å². The van der Waals surface area contributed by atoms with Gasteiger partial charge in [0.1, 0.15) is 5.82 Å². The summed E-state index contributed by atoms with van der Waals surface area (Å²) in [5.74, 6) is -0.576. The number of nitrogens with two attached hydrogens (primary N) is 1. The molecule has 0 aliphatic heterocycles. The van der Waals surface area contributed by atoms with Crippen LogP contribution in [-0.4, -0.2) is 11.9 Å². The fraction of sp³-hybridized carbons (Fsp3) is 0.462. The number of carbonyl (C=O) groups excluding carboxylic acids is 1. The van der Waals surface area contributed by atoms with Crippen LogP contribution in [0.4, 0.5) is 4.39 Å². The maximum atomic E-state index is 13.0. The Morgan fingerprint density at radius 1 is 1.39 bits per heavy atom. The smallest absolute Gasteiger partial charge is 0.234 e. The van der Waals surface area contributed by atoms with Gasteiger partial charge in [-0.3, -0.25) is 10.1 Å². The molecule has 0 spiro atoms. The van der Waals surface area contributed by atoms with Crippen molar-refractivity contribution >= 4 is 21.8 Å². The molecule has 3 nitrogen and oxygen atoms in total. The van der Waals surface area contributed by atoms with Gasteiger partial charge in [-0.25, -0.2) is 4.39 Å². The monoisotopic (exact) mass is 316 g/mol. The molecule has 0 bridgehead atoms. The van der Waals surface area contributed by atoms with Gasteiger partial charge < -0.3 is 5.73 Å². The quantitative estimate of drug-likeness (QED) is 0.877. The Hall–Kier alpha value is -0.940. The normalized spacial score (nSPS) is 14.6. The standard InChI is InChI=1S/C13H18BrFN2O/c1-7(2)12(13(16)18)17-8(3)10-5-4-9(15)6-11(10)14/h4-8,12,17H,1-3H3,(H2,16,18). The first-order valence-electron chi connectivity index (χ1n) is 5.83. The van der Waals surface area contributed by atoms with Crippen LogP contribution in [0.2, 0.25) is 0 Å². The second-order valence-electron chi connectivity index (χ2n) is 4.68. The van der Waals surface area contributed by atoms with Crippen LogP contribution in [0.5, 0.6) is 0 Å². The van der Waals surface area contributed by atoms with Crippen LogP contribution in [0, 0.1) is 11.7 Å². The first-order chi connectivity index (χ1) is 8.32. The van der Waals surface area contributed by atoms with E-state index in [9.17, 15) is 9.18 Å². The van der Waals surface area contributed by atoms with E-state index in [0.29, 0.717) is 4.47 Å². The molecule has 3 N–H and O–H groups in total. The second-order valence-corrected chi connectivity index (χ2v) is 5.53. The highest BCUT2D eigenvalue weighted by Gasteiger charge is 2.22. The number of primary amides is 1. The Labute approximate surface area is 115 Å². The highest BCUT2D eigenvalue weighted by molar-refractivity contribution is 9.10. The van der Waals surface area contributed by atoms with Gasteiger partial charge in [-0.15, -0.1) is 0 Å². The highest BCUT2D eigenvalue weighted by Crippen LogP contribution is 2.25. The molecule has 1 aromatic rings. The summed E-state index contributed by atoms with van der Waals surface area (Å²) in [5.41, 5.74) is 6.24. The topological polar surface area (TPSA) is 55.1 Å². The number of carbonyl (C=O) groups is 1. The van der Waals surface area contributed by atoms with E-state index in [1.807, 2.05) is 20.8 Å². The minimum absolute atomic E-state index is 0.0973. The lowest BCUT2D eigenvalue weighted by molar-refractivity contribution is -0.121. The zero-order valence-corrected chi connectivity index (χ0v) is 12.3. The van der Waals surface area contributed by atoms with Gasteiger partial charge in [0.25, 0.3) is 0 Å². The van der Waals surface area contributed by atoms with Crippen molar-refractivity contribution in [2.24, 2.45) is 11.7 Å². The minimum Gasteiger partial charge on any atom is -0.368 e. The van der Waals surface area contributed by atoms with Crippen molar-refractivity contribution in [1.29, 1.82) is 0 Å². The molecule has 1 amide bonds. The summed E-state index contributed by atoms with van der Waals surface area (Å²) in [6, 6.07) is 3.99. The first kappa shape index (κ1) is 15.1. The van der Waals surface area contributed by atoms with Gasteiger partial charge in [-0.1, -0.05) is 35.8 Å². The number of hydrogen-bond donors (Lipinski definition) is 2.